The normalized spacial score (nSPS) is 14.2. The molecule has 0 unspecified atom stereocenters. The maximum Gasteiger partial charge on any atom is -0.0170 e. The molecule has 0 aromatic rings. The highest BCUT2D eigenvalue weighted by Crippen LogP contribution is 2.34. The molecule has 0 bridgehead atoms. The van der Waals surface area contributed by atoms with Crippen LogP contribution in [0.25, 0.3) is 0 Å². The highest BCUT2D eigenvalue weighted by atomic mass is 14.3. The molecule has 0 spiro atoms. The first-order chi connectivity index (χ1) is 5.27. The molecule has 0 N–H and O–H groups in total. The van der Waals surface area contributed by atoms with Gasteiger partial charge in [-0.05, 0) is 23.7 Å². The summed E-state index contributed by atoms with van der Waals surface area (Å²) in [6, 6.07) is 0. The molecule has 0 aliphatic rings. The van der Waals surface area contributed by atoms with Crippen LogP contribution >= 0.6 is 0 Å². The average Bonchev–Trinajstić information content (AvgIpc) is 1.78. The quantitative estimate of drug-likeness (QED) is 0.547. The van der Waals surface area contributed by atoms with Gasteiger partial charge in [-0.3, -0.25) is 0 Å². The van der Waals surface area contributed by atoms with Crippen LogP contribution in [0.4, 0.5) is 0 Å². The van der Waals surface area contributed by atoms with Crippen LogP contribution in [0.2, 0.25) is 0 Å². The minimum atomic E-state index is 0.355. The highest BCUT2D eigenvalue weighted by molar-refractivity contribution is 4.96. The molecular weight excluding hydrogens is 144 g/mol. The van der Waals surface area contributed by atoms with E-state index in [1.54, 1.807) is 0 Å². The third-order valence-corrected chi connectivity index (χ3v) is 1.79. The van der Waals surface area contributed by atoms with Crippen molar-refractivity contribution in [2.45, 2.75) is 54.4 Å². The fraction of sp³-hybridized carbons (Fsp3) is 0.833. The van der Waals surface area contributed by atoms with Crippen molar-refractivity contribution in [3.63, 3.8) is 0 Å². The van der Waals surface area contributed by atoms with Gasteiger partial charge < -0.3 is 0 Å². The first kappa shape index (κ1) is 11.7. The van der Waals surface area contributed by atoms with Gasteiger partial charge in [0.25, 0.3) is 0 Å². The first-order valence-electron chi connectivity index (χ1n) is 4.94. The van der Waals surface area contributed by atoms with Gasteiger partial charge in [-0.1, -0.05) is 53.7 Å². The van der Waals surface area contributed by atoms with Crippen LogP contribution < -0.4 is 0 Å². The van der Waals surface area contributed by atoms with E-state index in [0.29, 0.717) is 10.8 Å². The predicted molar refractivity (Wildman–Crippen MR) is 57.3 cm³/mol. The second-order valence-electron chi connectivity index (χ2n) is 5.54. The van der Waals surface area contributed by atoms with Crippen molar-refractivity contribution in [3.8, 4) is 0 Å². The Labute approximate surface area is 78.1 Å². The fourth-order valence-electron chi connectivity index (χ4n) is 1.86. The fourth-order valence-corrected chi connectivity index (χ4v) is 1.86. The van der Waals surface area contributed by atoms with E-state index in [0.717, 1.165) is 6.42 Å². The van der Waals surface area contributed by atoms with Crippen LogP contribution in [0.15, 0.2) is 12.2 Å². The van der Waals surface area contributed by atoms with Gasteiger partial charge in [-0.25, -0.2) is 0 Å². The Bertz CT molecular complexity index is 144. The van der Waals surface area contributed by atoms with Gasteiger partial charge in [0.1, 0.15) is 0 Å². The van der Waals surface area contributed by atoms with E-state index in [4.69, 9.17) is 0 Å². The Morgan fingerprint density at radius 3 is 1.83 bits per heavy atom. The van der Waals surface area contributed by atoms with Crippen LogP contribution in [0.3, 0.4) is 0 Å². The molecule has 12 heavy (non-hydrogen) atoms. The van der Waals surface area contributed by atoms with Crippen molar-refractivity contribution >= 4 is 0 Å². The summed E-state index contributed by atoms with van der Waals surface area (Å²) in [6.07, 6.45) is 7.01. The molecule has 0 nitrogen and oxygen atoms in total. The Morgan fingerprint density at radius 1 is 1.00 bits per heavy atom. The molecule has 0 heterocycles. The van der Waals surface area contributed by atoms with Gasteiger partial charge >= 0.3 is 0 Å². The van der Waals surface area contributed by atoms with E-state index in [-0.39, 0.29) is 0 Å². The molecule has 0 heteroatoms. The zero-order valence-electron chi connectivity index (χ0n) is 9.57. The van der Waals surface area contributed by atoms with Crippen molar-refractivity contribution in [2.75, 3.05) is 0 Å². The minimum Gasteiger partial charge on any atom is -0.0883 e. The zero-order valence-corrected chi connectivity index (χ0v) is 9.57. The molecule has 0 amide bonds. The third kappa shape index (κ3) is 6.45. The summed E-state index contributed by atoms with van der Waals surface area (Å²) in [5.41, 5.74) is 0.788. The summed E-state index contributed by atoms with van der Waals surface area (Å²) in [5, 5.41) is 0. The molecule has 0 saturated heterocycles. The predicted octanol–water partition coefficient (Wildman–Crippen LogP) is 4.42. The Balaban J connectivity index is 4.13. The molecule has 0 rings (SSSR count). The van der Waals surface area contributed by atoms with E-state index >= 15 is 0 Å². The largest absolute Gasteiger partial charge is 0.0883 e. The zero-order chi connectivity index (χ0) is 9.83. The van der Waals surface area contributed by atoms with Gasteiger partial charge in [-0.2, -0.15) is 0 Å². The van der Waals surface area contributed by atoms with E-state index < -0.39 is 0 Å². The lowest BCUT2D eigenvalue weighted by atomic mass is 9.76. The van der Waals surface area contributed by atoms with Gasteiger partial charge in [0.05, 0.1) is 0 Å². The van der Waals surface area contributed by atoms with Crippen molar-refractivity contribution in [2.24, 2.45) is 10.8 Å². The monoisotopic (exact) mass is 168 g/mol. The van der Waals surface area contributed by atoms with Crippen LogP contribution in [-0.2, 0) is 0 Å². The van der Waals surface area contributed by atoms with Gasteiger partial charge in [0.15, 0.2) is 0 Å². The summed E-state index contributed by atoms with van der Waals surface area (Å²) in [5.74, 6) is 0. The molecular formula is C12H24. The molecule has 72 valence electrons. The standard InChI is InChI=1S/C12H24/c1-7-8-9-12(5,6)10-11(2,3)4/h8-9H,7,10H2,1-6H3. The van der Waals surface area contributed by atoms with Crippen LogP contribution in [-0.4, -0.2) is 0 Å². The maximum absolute atomic E-state index is 2.35. The number of rotatable bonds is 3. The average molecular weight is 168 g/mol. The third-order valence-electron chi connectivity index (χ3n) is 1.79. The lowest BCUT2D eigenvalue weighted by molar-refractivity contribution is 0.262. The summed E-state index contributed by atoms with van der Waals surface area (Å²) in [7, 11) is 0. The molecule has 0 aromatic carbocycles. The molecule has 0 saturated carbocycles. The second-order valence-corrected chi connectivity index (χ2v) is 5.54. The Kier molecular flexibility index (Phi) is 4.02. The van der Waals surface area contributed by atoms with E-state index in [1.807, 2.05) is 0 Å². The van der Waals surface area contributed by atoms with Crippen LogP contribution in [0.5, 0.6) is 0 Å². The molecule has 0 aromatic heterocycles. The van der Waals surface area contributed by atoms with Crippen LogP contribution in [0, 0.1) is 10.8 Å². The lowest BCUT2D eigenvalue weighted by Crippen LogP contribution is -2.18. The van der Waals surface area contributed by atoms with E-state index in [9.17, 15) is 0 Å². The molecule has 0 fully saturated rings. The van der Waals surface area contributed by atoms with Crippen LogP contribution in [0.1, 0.15) is 54.4 Å². The van der Waals surface area contributed by atoms with Gasteiger partial charge in [-0.15, -0.1) is 0 Å². The van der Waals surface area contributed by atoms with Crippen molar-refractivity contribution < 1.29 is 0 Å². The van der Waals surface area contributed by atoms with E-state index in [2.05, 4.69) is 53.7 Å². The second kappa shape index (κ2) is 4.11. The minimum absolute atomic E-state index is 0.355. The van der Waals surface area contributed by atoms with Crippen molar-refractivity contribution in [1.29, 1.82) is 0 Å². The van der Waals surface area contributed by atoms with Gasteiger partial charge in [0, 0.05) is 0 Å². The molecule has 0 aliphatic carbocycles. The summed E-state index contributed by atoms with van der Waals surface area (Å²) in [4.78, 5) is 0. The summed E-state index contributed by atoms with van der Waals surface area (Å²) in [6.45, 7) is 13.7. The Morgan fingerprint density at radius 2 is 1.50 bits per heavy atom. The summed E-state index contributed by atoms with van der Waals surface area (Å²) < 4.78 is 0. The summed E-state index contributed by atoms with van der Waals surface area (Å²) >= 11 is 0. The smallest absolute Gasteiger partial charge is 0.0170 e. The van der Waals surface area contributed by atoms with Crippen molar-refractivity contribution in [3.05, 3.63) is 12.2 Å². The lowest BCUT2D eigenvalue weighted by Gasteiger charge is -2.29. The Hall–Kier alpha value is -0.260. The maximum atomic E-state index is 2.35. The molecule has 0 radical (unpaired) electrons. The SMILES string of the molecule is CCC=CC(C)(C)CC(C)(C)C. The van der Waals surface area contributed by atoms with Crippen molar-refractivity contribution in [1.82, 2.24) is 0 Å². The number of allylic oxidation sites excluding steroid dienone is 2. The van der Waals surface area contributed by atoms with E-state index in [1.165, 1.54) is 6.42 Å². The number of hydrogen-bond acceptors (Lipinski definition) is 0. The molecule has 0 atom stereocenters. The molecule has 0 aliphatic heterocycles. The first-order valence-corrected chi connectivity index (χ1v) is 4.94. The topological polar surface area (TPSA) is 0 Å². The highest BCUT2D eigenvalue weighted by Gasteiger charge is 2.22. The van der Waals surface area contributed by atoms with Gasteiger partial charge in [0.2, 0.25) is 0 Å². The number of hydrogen-bond donors (Lipinski definition) is 0.